The molecule has 1 atom stereocenters. The molecule has 0 radical (unpaired) electrons. The van der Waals surface area contributed by atoms with Crippen LogP contribution >= 0.6 is 23.1 Å². The zero-order valence-corrected chi connectivity index (χ0v) is 14.7. The molecule has 2 aromatic rings. The van der Waals surface area contributed by atoms with E-state index < -0.39 is 0 Å². The second kappa shape index (κ2) is 5.98. The van der Waals surface area contributed by atoms with Crippen LogP contribution in [0.3, 0.4) is 0 Å². The van der Waals surface area contributed by atoms with Crippen molar-refractivity contribution in [1.29, 1.82) is 5.26 Å². The van der Waals surface area contributed by atoms with Crippen LogP contribution in [0.4, 0.5) is 5.00 Å². The van der Waals surface area contributed by atoms with Gasteiger partial charge in [0, 0.05) is 12.0 Å². The average molecular weight is 348 g/mol. The SMILES string of the molecule is CC(C)(C)c1nnc(S[C@H]2CCN(c3sccc3C#N)C2=O)o1. The molecule has 1 amide bonds. The summed E-state index contributed by atoms with van der Waals surface area (Å²) in [5, 5.41) is 19.9. The molecule has 1 fully saturated rings. The third-order valence-corrected chi connectivity index (χ3v) is 5.48. The number of carbonyl (C=O) groups excluding carboxylic acids is 1. The zero-order valence-electron chi connectivity index (χ0n) is 13.1. The lowest BCUT2D eigenvalue weighted by Crippen LogP contribution is -2.27. The molecule has 8 heteroatoms. The first-order chi connectivity index (χ1) is 10.9. The van der Waals surface area contributed by atoms with Gasteiger partial charge in [-0.25, -0.2) is 0 Å². The van der Waals surface area contributed by atoms with Crippen molar-refractivity contribution in [3.8, 4) is 6.07 Å². The summed E-state index contributed by atoms with van der Waals surface area (Å²) in [6, 6.07) is 3.86. The fourth-order valence-electron chi connectivity index (χ4n) is 2.24. The lowest BCUT2D eigenvalue weighted by atomic mass is 9.97. The lowest BCUT2D eigenvalue weighted by Gasteiger charge is -2.14. The van der Waals surface area contributed by atoms with Crippen molar-refractivity contribution in [3.63, 3.8) is 0 Å². The van der Waals surface area contributed by atoms with Crippen LogP contribution in [0.25, 0.3) is 0 Å². The van der Waals surface area contributed by atoms with Crippen LogP contribution in [-0.4, -0.2) is 27.9 Å². The van der Waals surface area contributed by atoms with Crippen molar-refractivity contribution >= 4 is 34.0 Å². The lowest BCUT2D eigenvalue weighted by molar-refractivity contribution is -0.116. The number of carbonyl (C=O) groups is 1. The Hall–Kier alpha value is -1.85. The number of hydrogen-bond donors (Lipinski definition) is 0. The van der Waals surface area contributed by atoms with E-state index in [4.69, 9.17) is 9.68 Å². The maximum Gasteiger partial charge on any atom is 0.277 e. The third kappa shape index (κ3) is 3.12. The number of hydrogen-bond acceptors (Lipinski definition) is 7. The minimum Gasteiger partial charge on any atom is -0.415 e. The molecule has 0 saturated carbocycles. The van der Waals surface area contributed by atoms with E-state index in [1.807, 2.05) is 26.2 Å². The molecule has 1 saturated heterocycles. The molecule has 1 aliphatic rings. The van der Waals surface area contributed by atoms with E-state index in [1.54, 1.807) is 11.0 Å². The molecule has 0 unspecified atom stereocenters. The number of rotatable bonds is 3. The number of amides is 1. The Bertz CT molecular complexity index is 769. The molecule has 0 bridgehead atoms. The second-order valence-electron chi connectivity index (χ2n) is 6.26. The average Bonchev–Trinajstić information content (AvgIpc) is 3.19. The normalized spacial score (nSPS) is 18.4. The van der Waals surface area contributed by atoms with Crippen LogP contribution < -0.4 is 4.90 Å². The summed E-state index contributed by atoms with van der Waals surface area (Å²) < 4.78 is 5.65. The number of nitrogens with zero attached hydrogens (tertiary/aromatic N) is 4. The summed E-state index contributed by atoms with van der Waals surface area (Å²) in [6.45, 7) is 6.60. The smallest absolute Gasteiger partial charge is 0.277 e. The van der Waals surface area contributed by atoms with Crippen LogP contribution in [0, 0.1) is 11.3 Å². The van der Waals surface area contributed by atoms with E-state index in [0.717, 1.165) is 5.00 Å². The molecular formula is C15H16N4O2S2. The number of thiophene rings is 1. The molecular weight excluding hydrogens is 332 g/mol. The van der Waals surface area contributed by atoms with Crippen LogP contribution in [0.15, 0.2) is 21.1 Å². The van der Waals surface area contributed by atoms with Gasteiger partial charge >= 0.3 is 0 Å². The highest BCUT2D eigenvalue weighted by Gasteiger charge is 2.36. The summed E-state index contributed by atoms with van der Waals surface area (Å²) in [5.74, 6) is 0.553. The second-order valence-corrected chi connectivity index (χ2v) is 8.31. The van der Waals surface area contributed by atoms with Crippen LogP contribution in [0.2, 0.25) is 0 Å². The van der Waals surface area contributed by atoms with Crippen molar-refractivity contribution < 1.29 is 9.21 Å². The summed E-state index contributed by atoms with van der Waals surface area (Å²) in [4.78, 5) is 14.3. The molecule has 1 aliphatic heterocycles. The van der Waals surface area contributed by atoms with Crippen molar-refractivity contribution in [2.24, 2.45) is 0 Å². The van der Waals surface area contributed by atoms with Crippen LogP contribution in [0.1, 0.15) is 38.6 Å². The van der Waals surface area contributed by atoms with Crippen molar-refractivity contribution in [1.82, 2.24) is 10.2 Å². The molecule has 0 spiro atoms. The quantitative estimate of drug-likeness (QED) is 0.847. The van der Waals surface area contributed by atoms with Gasteiger partial charge < -0.3 is 9.32 Å². The molecule has 3 heterocycles. The summed E-state index contributed by atoms with van der Waals surface area (Å²) in [7, 11) is 0. The number of aromatic nitrogens is 2. The first-order valence-corrected chi connectivity index (χ1v) is 8.95. The topological polar surface area (TPSA) is 83.0 Å². The Kier molecular flexibility index (Phi) is 4.17. The van der Waals surface area contributed by atoms with Crippen LogP contribution in [0.5, 0.6) is 0 Å². The summed E-state index contributed by atoms with van der Waals surface area (Å²) >= 11 is 2.71. The number of anilines is 1. The van der Waals surface area contributed by atoms with Gasteiger partial charge in [-0.1, -0.05) is 32.5 Å². The molecule has 3 rings (SSSR count). The number of nitriles is 1. The van der Waals surface area contributed by atoms with E-state index in [2.05, 4.69) is 16.3 Å². The van der Waals surface area contributed by atoms with Crippen molar-refractivity contribution in [2.75, 3.05) is 11.4 Å². The van der Waals surface area contributed by atoms with Gasteiger partial charge in [0.25, 0.3) is 5.22 Å². The predicted molar refractivity (Wildman–Crippen MR) is 88.6 cm³/mol. The van der Waals surface area contributed by atoms with Crippen LogP contribution in [-0.2, 0) is 10.2 Å². The zero-order chi connectivity index (χ0) is 16.6. The monoisotopic (exact) mass is 348 g/mol. The first-order valence-electron chi connectivity index (χ1n) is 7.20. The Morgan fingerprint density at radius 3 is 2.91 bits per heavy atom. The Morgan fingerprint density at radius 1 is 1.48 bits per heavy atom. The molecule has 0 aromatic carbocycles. The highest BCUT2D eigenvalue weighted by atomic mass is 32.2. The van der Waals surface area contributed by atoms with Gasteiger partial charge in [-0.2, -0.15) is 5.26 Å². The van der Waals surface area contributed by atoms with E-state index >= 15 is 0 Å². The largest absolute Gasteiger partial charge is 0.415 e. The third-order valence-electron chi connectivity index (χ3n) is 3.46. The van der Waals surface area contributed by atoms with Gasteiger partial charge in [0.05, 0.1) is 10.8 Å². The number of thioether (sulfide) groups is 1. The van der Waals surface area contributed by atoms with Gasteiger partial charge in [0.15, 0.2) is 0 Å². The summed E-state index contributed by atoms with van der Waals surface area (Å²) in [6.07, 6.45) is 0.694. The maximum absolute atomic E-state index is 12.6. The fraction of sp³-hybridized carbons (Fsp3) is 0.467. The van der Waals surface area contributed by atoms with E-state index in [-0.39, 0.29) is 16.6 Å². The highest BCUT2D eigenvalue weighted by Crippen LogP contribution is 2.36. The van der Waals surface area contributed by atoms with Gasteiger partial charge in [-0.3, -0.25) is 4.79 Å². The Labute approximate surface area is 142 Å². The van der Waals surface area contributed by atoms with Gasteiger partial charge in [0.2, 0.25) is 11.8 Å². The van der Waals surface area contributed by atoms with Crippen molar-refractivity contribution in [2.45, 2.75) is 43.1 Å². The summed E-state index contributed by atoms with van der Waals surface area (Å²) in [5.41, 5.74) is 0.331. The van der Waals surface area contributed by atoms with Crippen molar-refractivity contribution in [3.05, 3.63) is 22.9 Å². The predicted octanol–water partition coefficient (Wildman–Crippen LogP) is 3.20. The minimum atomic E-state index is -0.253. The van der Waals surface area contributed by atoms with E-state index in [1.165, 1.54) is 23.1 Å². The van der Waals surface area contributed by atoms with E-state index in [0.29, 0.717) is 29.6 Å². The van der Waals surface area contributed by atoms with Gasteiger partial charge in [-0.15, -0.1) is 21.5 Å². The first kappa shape index (κ1) is 16.0. The van der Waals surface area contributed by atoms with Gasteiger partial charge in [-0.05, 0) is 17.9 Å². The molecule has 120 valence electrons. The molecule has 0 aliphatic carbocycles. The highest BCUT2D eigenvalue weighted by molar-refractivity contribution is 8.00. The molecule has 6 nitrogen and oxygen atoms in total. The van der Waals surface area contributed by atoms with E-state index in [9.17, 15) is 4.79 Å². The maximum atomic E-state index is 12.6. The Balaban J connectivity index is 1.73. The molecule has 23 heavy (non-hydrogen) atoms. The van der Waals surface area contributed by atoms with Gasteiger partial charge in [0.1, 0.15) is 11.1 Å². The molecule has 2 aromatic heterocycles. The molecule has 0 N–H and O–H groups in total. The standard InChI is InChI=1S/C15H16N4O2S2/c1-15(2,3)13-17-18-14(21-13)23-10-4-6-19(11(10)20)12-9(8-16)5-7-22-12/h5,7,10H,4,6H2,1-3H3/t10-/m0/s1. The fourth-order valence-corrected chi connectivity index (χ4v) is 4.03. The minimum absolute atomic E-state index is 0.00976. The Morgan fingerprint density at radius 2 is 2.26 bits per heavy atom.